The summed E-state index contributed by atoms with van der Waals surface area (Å²) < 4.78 is 0. The lowest BCUT2D eigenvalue weighted by atomic mass is 9.70. The minimum atomic E-state index is 0.0255. The predicted molar refractivity (Wildman–Crippen MR) is 79.3 cm³/mol. The van der Waals surface area contributed by atoms with Crippen molar-refractivity contribution in [3.8, 4) is 0 Å². The highest BCUT2D eigenvalue weighted by molar-refractivity contribution is 5.89. The van der Waals surface area contributed by atoms with Gasteiger partial charge in [-0.05, 0) is 49.4 Å². The lowest BCUT2D eigenvalue weighted by molar-refractivity contribution is -0.128. The van der Waals surface area contributed by atoms with Gasteiger partial charge in [-0.3, -0.25) is 9.59 Å². The molecule has 0 radical (unpaired) electrons. The van der Waals surface area contributed by atoms with E-state index < -0.39 is 0 Å². The summed E-state index contributed by atoms with van der Waals surface area (Å²) in [5.41, 5.74) is 0.437. The van der Waals surface area contributed by atoms with Crippen LogP contribution in [-0.4, -0.2) is 11.6 Å². The minimum absolute atomic E-state index is 0.0255. The molecule has 112 valence electrons. The second-order valence-electron chi connectivity index (χ2n) is 8.71. The zero-order valence-corrected chi connectivity index (χ0v) is 13.4. The Morgan fingerprint density at radius 3 is 1.80 bits per heavy atom. The molecule has 0 heterocycles. The quantitative estimate of drug-likeness (QED) is 0.665. The van der Waals surface area contributed by atoms with Gasteiger partial charge < -0.3 is 0 Å². The van der Waals surface area contributed by atoms with Crippen LogP contribution in [0.1, 0.15) is 72.6 Å². The average molecular weight is 276 g/mol. The topological polar surface area (TPSA) is 34.1 Å². The van der Waals surface area contributed by atoms with E-state index in [9.17, 15) is 9.59 Å². The van der Waals surface area contributed by atoms with E-state index in [-0.39, 0.29) is 16.2 Å². The highest BCUT2D eigenvalue weighted by Gasteiger charge is 2.61. The molecule has 2 heteroatoms. The SMILES string of the molecule is CC12CCC(CC1=O)C2.CC12CCC(CC1=O)C2(C)C. The van der Waals surface area contributed by atoms with Crippen LogP contribution in [0.2, 0.25) is 0 Å². The predicted octanol–water partition coefficient (Wildman–Crippen LogP) is 4.17. The van der Waals surface area contributed by atoms with Gasteiger partial charge in [-0.1, -0.05) is 27.7 Å². The van der Waals surface area contributed by atoms with Crippen molar-refractivity contribution in [1.29, 1.82) is 0 Å². The molecule has 0 saturated heterocycles. The molecule has 0 aromatic heterocycles. The fourth-order valence-electron chi connectivity index (χ4n) is 5.20. The van der Waals surface area contributed by atoms with Gasteiger partial charge in [0.15, 0.2) is 0 Å². The van der Waals surface area contributed by atoms with E-state index in [1.54, 1.807) is 0 Å². The maximum Gasteiger partial charge on any atom is 0.139 e. The highest BCUT2D eigenvalue weighted by atomic mass is 16.1. The summed E-state index contributed by atoms with van der Waals surface area (Å²) in [7, 11) is 0. The van der Waals surface area contributed by atoms with Gasteiger partial charge in [-0.2, -0.15) is 0 Å². The first-order valence-electron chi connectivity index (χ1n) is 8.26. The Kier molecular flexibility index (Phi) is 2.98. The largest absolute Gasteiger partial charge is 0.299 e. The van der Waals surface area contributed by atoms with Crippen molar-refractivity contribution in [2.45, 2.75) is 72.6 Å². The van der Waals surface area contributed by atoms with Crippen molar-refractivity contribution in [3.63, 3.8) is 0 Å². The molecule has 0 spiro atoms. The van der Waals surface area contributed by atoms with Crippen LogP contribution in [0.15, 0.2) is 0 Å². The van der Waals surface area contributed by atoms with E-state index in [4.69, 9.17) is 0 Å². The number of fused-ring (bicyclic) bond motifs is 4. The van der Waals surface area contributed by atoms with Gasteiger partial charge in [0.05, 0.1) is 0 Å². The van der Waals surface area contributed by atoms with E-state index in [1.807, 2.05) is 0 Å². The minimum Gasteiger partial charge on any atom is -0.299 e. The molecule has 4 aliphatic rings. The molecular formula is C18H28O2. The van der Waals surface area contributed by atoms with Gasteiger partial charge in [0.1, 0.15) is 11.6 Å². The molecule has 4 saturated carbocycles. The molecule has 0 aromatic rings. The zero-order valence-electron chi connectivity index (χ0n) is 13.4. The van der Waals surface area contributed by atoms with E-state index in [2.05, 4.69) is 27.7 Å². The average Bonchev–Trinajstić information content (AvgIpc) is 2.98. The maximum absolute atomic E-state index is 11.6. The molecule has 4 unspecified atom stereocenters. The van der Waals surface area contributed by atoms with Crippen LogP contribution < -0.4 is 0 Å². The van der Waals surface area contributed by atoms with Crippen molar-refractivity contribution < 1.29 is 9.59 Å². The Hall–Kier alpha value is -0.660. The Bertz CT molecular complexity index is 464. The summed E-state index contributed by atoms with van der Waals surface area (Å²) in [6, 6.07) is 0. The summed E-state index contributed by atoms with van der Waals surface area (Å²) >= 11 is 0. The normalized spacial score (nSPS) is 47.6. The van der Waals surface area contributed by atoms with Crippen LogP contribution in [0.4, 0.5) is 0 Å². The molecule has 4 aliphatic carbocycles. The number of hydrogen-bond acceptors (Lipinski definition) is 2. The van der Waals surface area contributed by atoms with Gasteiger partial charge in [0.2, 0.25) is 0 Å². The molecule has 4 atom stereocenters. The summed E-state index contributed by atoms with van der Waals surface area (Å²) in [4.78, 5) is 22.7. The second kappa shape index (κ2) is 4.18. The summed E-state index contributed by atoms with van der Waals surface area (Å²) in [6.45, 7) is 8.80. The number of rotatable bonds is 0. The number of hydrogen-bond donors (Lipinski definition) is 0. The van der Waals surface area contributed by atoms with Gasteiger partial charge >= 0.3 is 0 Å². The first-order chi connectivity index (χ1) is 9.19. The lowest BCUT2D eigenvalue weighted by Crippen LogP contribution is -2.32. The van der Waals surface area contributed by atoms with Crippen LogP contribution in [0.3, 0.4) is 0 Å². The van der Waals surface area contributed by atoms with Crippen LogP contribution in [-0.2, 0) is 9.59 Å². The van der Waals surface area contributed by atoms with Gasteiger partial charge in [-0.15, -0.1) is 0 Å². The van der Waals surface area contributed by atoms with Gasteiger partial charge in [0.25, 0.3) is 0 Å². The molecule has 20 heavy (non-hydrogen) atoms. The molecule has 0 N–H and O–H groups in total. The van der Waals surface area contributed by atoms with Crippen molar-refractivity contribution in [2.75, 3.05) is 0 Å². The molecule has 4 bridgehead atoms. The first-order valence-corrected chi connectivity index (χ1v) is 8.26. The zero-order chi connectivity index (χ0) is 14.8. The Labute approximate surface area is 122 Å². The molecule has 4 fully saturated rings. The summed E-state index contributed by atoms with van der Waals surface area (Å²) in [5, 5.41) is 0. The second-order valence-corrected chi connectivity index (χ2v) is 8.71. The highest BCUT2D eigenvalue weighted by Crippen LogP contribution is 2.63. The number of carbonyl (C=O) groups is 2. The van der Waals surface area contributed by atoms with Crippen molar-refractivity contribution >= 4 is 11.6 Å². The van der Waals surface area contributed by atoms with Gasteiger partial charge in [-0.25, -0.2) is 0 Å². The molecule has 0 aliphatic heterocycles. The lowest BCUT2D eigenvalue weighted by Gasteiger charge is -2.32. The summed E-state index contributed by atoms with van der Waals surface area (Å²) in [6.07, 6.45) is 7.79. The third-order valence-electron chi connectivity index (χ3n) is 7.47. The fraction of sp³-hybridized carbons (Fsp3) is 0.889. The Balaban J connectivity index is 0.000000123. The number of carbonyl (C=O) groups excluding carboxylic acids is 2. The monoisotopic (exact) mass is 276 g/mol. The van der Waals surface area contributed by atoms with Crippen molar-refractivity contribution in [3.05, 3.63) is 0 Å². The molecule has 0 aromatic carbocycles. The van der Waals surface area contributed by atoms with Crippen molar-refractivity contribution in [2.24, 2.45) is 28.1 Å². The van der Waals surface area contributed by atoms with Gasteiger partial charge in [0, 0.05) is 23.7 Å². The molecule has 2 nitrogen and oxygen atoms in total. The van der Waals surface area contributed by atoms with Crippen LogP contribution in [0, 0.1) is 28.1 Å². The standard InChI is InChI=1S/C10H16O.C8H12O/c1-9(2)7-4-5-10(9,3)8(11)6-7;1-8-3-2-6(5-8)4-7(8)9/h7H,4-6H2,1-3H3;6H,2-5H2,1H3. The van der Waals surface area contributed by atoms with Crippen LogP contribution in [0.25, 0.3) is 0 Å². The summed E-state index contributed by atoms with van der Waals surface area (Å²) in [5.74, 6) is 2.49. The van der Waals surface area contributed by atoms with E-state index in [0.29, 0.717) is 17.5 Å². The third-order valence-corrected chi connectivity index (χ3v) is 7.47. The molecule has 0 amide bonds. The number of Topliss-reactive ketones (excluding diaryl/α,β-unsaturated/α-hetero) is 2. The maximum atomic E-state index is 11.6. The van der Waals surface area contributed by atoms with Crippen molar-refractivity contribution in [1.82, 2.24) is 0 Å². The smallest absolute Gasteiger partial charge is 0.139 e. The third kappa shape index (κ3) is 1.76. The number of ketones is 2. The van der Waals surface area contributed by atoms with Crippen LogP contribution >= 0.6 is 0 Å². The first kappa shape index (κ1) is 14.3. The molecular weight excluding hydrogens is 248 g/mol. The fourth-order valence-corrected chi connectivity index (χ4v) is 5.20. The van der Waals surface area contributed by atoms with E-state index in [1.165, 1.54) is 19.3 Å². The van der Waals surface area contributed by atoms with E-state index >= 15 is 0 Å². The molecule has 4 rings (SSSR count). The Morgan fingerprint density at radius 2 is 1.60 bits per heavy atom. The Morgan fingerprint density at radius 1 is 0.900 bits per heavy atom. The van der Waals surface area contributed by atoms with Crippen LogP contribution in [0.5, 0.6) is 0 Å². The van der Waals surface area contributed by atoms with E-state index in [0.717, 1.165) is 31.6 Å².